The first kappa shape index (κ1) is 16.3. The van der Waals surface area contributed by atoms with E-state index in [2.05, 4.69) is 15.3 Å². The molecule has 0 radical (unpaired) electrons. The third-order valence-electron chi connectivity index (χ3n) is 3.54. The van der Waals surface area contributed by atoms with Gasteiger partial charge in [-0.05, 0) is 42.8 Å². The standard InChI is InChI=1S/C18H17N3O2S/c1-11-4-3-5-15-17(11)20-16(21-18(15)23)10-24-14-8-6-13(7-9-14)19-12(2)22/h3-9H,10H2,1-2H3,(H,19,22)(H,20,21,23). The fraction of sp³-hybridized carbons (Fsp3) is 0.167. The summed E-state index contributed by atoms with van der Waals surface area (Å²) in [5, 5.41) is 3.35. The van der Waals surface area contributed by atoms with Crippen LogP contribution in [-0.4, -0.2) is 15.9 Å². The van der Waals surface area contributed by atoms with Crippen LogP contribution in [-0.2, 0) is 10.5 Å². The van der Waals surface area contributed by atoms with Gasteiger partial charge in [0.25, 0.3) is 5.56 Å². The molecule has 0 atom stereocenters. The summed E-state index contributed by atoms with van der Waals surface area (Å²) in [6.07, 6.45) is 0. The molecule has 3 rings (SSSR count). The zero-order chi connectivity index (χ0) is 17.1. The molecular formula is C18H17N3O2S. The molecule has 0 aliphatic heterocycles. The lowest BCUT2D eigenvalue weighted by atomic mass is 10.1. The predicted octanol–water partition coefficient (Wildman–Crippen LogP) is 3.48. The molecule has 0 saturated heterocycles. The van der Waals surface area contributed by atoms with Crippen LogP contribution in [0, 0.1) is 6.92 Å². The number of fused-ring (bicyclic) bond motifs is 1. The molecule has 1 heterocycles. The number of carbonyl (C=O) groups excluding carboxylic acids is 1. The van der Waals surface area contributed by atoms with Crippen molar-refractivity contribution in [2.45, 2.75) is 24.5 Å². The van der Waals surface area contributed by atoms with Gasteiger partial charge in [0.15, 0.2) is 0 Å². The number of para-hydroxylation sites is 1. The van der Waals surface area contributed by atoms with Crippen LogP contribution < -0.4 is 10.9 Å². The van der Waals surface area contributed by atoms with E-state index in [9.17, 15) is 9.59 Å². The molecule has 0 spiro atoms. The first-order valence-electron chi connectivity index (χ1n) is 7.52. The Kier molecular flexibility index (Phi) is 4.66. The second-order valence-electron chi connectivity index (χ2n) is 5.48. The Balaban J connectivity index is 1.77. The summed E-state index contributed by atoms with van der Waals surface area (Å²) in [7, 11) is 0. The number of aromatic nitrogens is 2. The zero-order valence-corrected chi connectivity index (χ0v) is 14.2. The molecule has 3 aromatic rings. The van der Waals surface area contributed by atoms with Crippen molar-refractivity contribution in [1.82, 2.24) is 9.97 Å². The van der Waals surface area contributed by atoms with E-state index in [0.717, 1.165) is 21.7 Å². The third kappa shape index (κ3) is 3.65. The van der Waals surface area contributed by atoms with Crippen LogP contribution in [0.1, 0.15) is 18.3 Å². The second kappa shape index (κ2) is 6.88. The van der Waals surface area contributed by atoms with E-state index in [0.29, 0.717) is 17.0 Å². The summed E-state index contributed by atoms with van der Waals surface area (Å²) >= 11 is 1.58. The van der Waals surface area contributed by atoms with Crippen LogP contribution in [0.2, 0.25) is 0 Å². The minimum absolute atomic E-state index is 0.0938. The number of anilines is 1. The molecule has 1 aromatic heterocycles. The van der Waals surface area contributed by atoms with E-state index in [1.165, 1.54) is 6.92 Å². The number of rotatable bonds is 4. The molecular weight excluding hydrogens is 322 g/mol. The van der Waals surface area contributed by atoms with Crippen LogP contribution in [0.3, 0.4) is 0 Å². The van der Waals surface area contributed by atoms with E-state index in [1.807, 2.05) is 43.3 Å². The minimum Gasteiger partial charge on any atom is -0.326 e. The normalized spacial score (nSPS) is 10.8. The monoisotopic (exact) mass is 339 g/mol. The first-order valence-corrected chi connectivity index (χ1v) is 8.50. The van der Waals surface area contributed by atoms with Gasteiger partial charge in [0.05, 0.1) is 16.7 Å². The number of benzene rings is 2. The first-order chi connectivity index (χ1) is 11.5. The van der Waals surface area contributed by atoms with Crippen molar-refractivity contribution in [3.8, 4) is 0 Å². The third-order valence-corrected chi connectivity index (χ3v) is 4.56. The number of hydrogen-bond acceptors (Lipinski definition) is 4. The highest BCUT2D eigenvalue weighted by atomic mass is 32.2. The number of hydrogen-bond donors (Lipinski definition) is 2. The quantitative estimate of drug-likeness (QED) is 0.714. The van der Waals surface area contributed by atoms with Gasteiger partial charge < -0.3 is 10.3 Å². The van der Waals surface area contributed by atoms with Crippen LogP contribution >= 0.6 is 11.8 Å². The lowest BCUT2D eigenvalue weighted by Crippen LogP contribution is -2.11. The summed E-state index contributed by atoms with van der Waals surface area (Å²) in [5.74, 6) is 1.13. The summed E-state index contributed by atoms with van der Waals surface area (Å²) < 4.78 is 0. The Hall–Kier alpha value is -2.60. The van der Waals surface area contributed by atoms with E-state index < -0.39 is 0 Å². The highest BCUT2D eigenvalue weighted by Gasteiger charge is 2.06. The fourth-order valence-corrected chi connectivity index (χ4v) is 3.18. The fourth-order valence-electron chi connectivity index (χ4n) is 2.41. The molecule has 6 heteroatoms. The van der Waals surface area contributed by atoms with Gasteiger partial charge in [-0.25, -0.2) is 4.98 Å². The minimum atomic E-state index is -0.111. The molecule has 0 aliphatic rings. The molecule has 2 N–H and O–H groups in total. The number of aromatic amines is 1. The largest absolute Gasteiger partial charge is 0.326 e. The molecule has 0 aliphatic carbocycles. The van der Waals surface area contributed by atoms with Crippen LogP contribution in [0.5, 0.6) is 0 Å². The molecule has 5 nitrogen and oxygen atoms in total. The zero-order valence-electron chi connectivity index (χ0n) is 13.4. The SMILES string of the molecule is CC(=O)Nc1ccc(SCc2nc3c(C)cccc3c(=O)[nH]2)cc1. The number of thioether (sulfide) groups is 1. The molecule has 24 heavy (non-hydrogen) atoms. The van der Waals surface area contributed by atoms with Gasteiger partial charge in [0.2, 0.25) is 5.91 Å². The average molecular weight is 339 g/mol. The smallest absolute Gasteiger partial charge is 0.258 e. The topological polar surface area (TPSA) is 74.8 Å². The average Bonchev–Trinajstić information content (AvgIpc) is 2.55. The van der Waals surface area contributed by atoms with Crippen molar-refractivity contribution in [3.05, 3.63) is 64.2 Å². The lowest BCUT2D eigenvalue weighted by molar-refractivity contribution is -0.114. The maximum atomic E-state index is 12.2. The van der Waals surface area contributed by atoms with Crippen molar-refractivity contribution < 1.29 is 4.79 Å². The summed E-state index contributed by atoms with van der Waals surface area (Å²) in [5.41, 5.74) is 2.39. The van der Waals surface area contributed by atoms with Gasteiger partial charge in [0.1, 0.15) is 5.82 Å². The molecule has 2 aromatic carbocycles. The van der Waals surface area contributed by atoms with E-state index >= 15 is 0 Å². The number of H-pyrrole nitrogens is 1. The maximum Gasteiger partial charge on any atom is 0.258 e. The van der Waals surface area contributed by atoms with Crippen molar-refractivity contribution in [3.63, 3.8) is 0 Å². The Morgan fingerprint density at radius 1 is 1.21 bits per heavy atom. The molecule has 0 fully saturated rings. The second-order valence-corrected chi connectivity index (χ2v) is 6.53. The highest BCUT2D eigenvalue weighted by Crippen LogP contribution is 2.23. The van der Waals surface area contributed by atoms with Crippen molar-refractivity contribution in [2.75, 3.05) is 5.32 Å². The number of aryl methyl sites for hydroxylation is 1. The summed E-state index contributed by atoms with van der Waals surface area (Å²) in [4.78, 5) is 31.6. The Morgan fingerprint density at radius 2 is 1.96 bits per heavy atom. The van der Waals surface area contributed by atoms with E-state index in [4.69, 9.17) is 0 Å². The lowest BCUT2D eigenvalue weighted by Gasteiger charge is -2.06. The maximum absolute atomic E-state index is 12.2. The van der Waals surface area contributed by atoms with E-state index in [-0.39, 0.29) is 11.5 Å². The van der Waals surface area contributed by atoms with E-state index in [1.54, 1.807) is 17.8 Å². The molecule has 0 unspecified atom stereocenters. The Labute approximate surface area is 143 Å². The predicted molar refractivity (Wildman–Crippen MR) is 97.4 cm³/mol. The van der Waals surface area contributed by atoms with Crippen LogP contribution in [0.25, 0.3) is 10.9 Å². The van der Waals surface area contributed by atoms with Gasteiger partial charge in [0, 0.05) is 17.5 Å². The Morgan fingerprint density at radius 3 is 2.67 bits per heavy atom. The molecule has 0 saturated carbocycles. The van der Waals surface area contributed by atoms with Crippen molar-refractivity contribution >= 4 is 34.3 Å². The number of nitrogens with one attached hydrogen (secondary N) is 2. The van der Waals surface area contributed by atoms with Crippen molar-refractivity contribution in [2.24, 2.45) is 0 Å². The number of nitrogens with zero attached hydrogens (tertiary/aromatic N) is 1. The van der Waals surface area contributed by atoms with Gasteiger partial charge in [-0.3, -0.25) is 9.59 Å². The number of carbonyl (C=O) groups is 1. The summed E-state index contributed by atoms with van der Waals surface area (Å²) in [6, 6.07) is 13.2. The van der Waals surface area contributed by atoms with Crippen molar-refractivity contribution in [1.29, 1.82) is 0 Å². The molecule has 122 valence electrons. The van der Waals surface area contributed by atoms with Gasteiger partial charge in [-0.1, -0.05) is 12.1 Å². The van der Waals surface area contributed by atoms with Crippen LogP contribution in [0.4, 0.5) is 5.69 Å². The Bertz CT molecular complexity index is 949. The highest BCUT2D eigenvalue weighted by molar-refractivity contribution is 7.98. The summed E-state index contributed by atoms with van der Waals surface area (Å²) in [6.45, 7) is 3.43. The number of amides is 1. The van der Waals surface area contributed by atoms with Gasteiger partial charge in [-0.15, -0.1) is 11.8 Å². The van der Waals surface area contributed by atoms with Gasteiger partial charge >= 0.3 is 0 Å². The molecule has 0 bridgehead atoms. The van der Waals surface area contributed by atoms with Crippen LogP contribution in [0.15, 0.2) is 52.2 Å². The van der Waals surface area contributed by atoms with Gasteiger partial charge in [-0.2, -0.15) is 0 Å². The molecule has 1 amide bonds.